The van der Waals surface area contributed by atoms with Crippen molar-refractivity contribution < 1.29 is 9.50 Å². The van der Waals surface area contributed by atoms with E-state index in [0.717, 1.165) is 37.3 Å². The van der Waals surface area contributed by atoms with Crippen LogP contribution >= 0.6 is 0 Å². The Labute approximate surface area is 138 Å². The van der Waals surface area contributed by atoms with E-state index in [0.29, 0.717) is 32.0 Å². The van der Waals surface area contributed by atoms with Crippen LogP contribution in [0.25, 0.3) is 0 Å². The highest BCUT2D eigenvalue weighted by atomic mass is 19.1. The molecule has 1 N–H and O–H groups in total. The second-order valence-electron chi connectivity index (χ2n) is 7.47. The molecule has 1 aromatic heterocycles. The van der Waals surface area contributed by atoms with E-state index in [2.05, 4.69) is 40.8 Å². The van der Waals surface area contributed by atoms with Crippen molar-refractivity contribution >= 4 is 5.69 Å². The second-order valence-corrected chi connectivity index (χ2v) is 7.47. The first-order valence-corrected chi connectivity index (χ1v) is 8.75. The van der Waals surface area contributed by atoms with E-state index in [4.69, 9.17) is 0 Å². The molecule has 0 aromatic carbocycles. The van der Waals surface area contributed by atoms with Gasteiger partial charge in [0.05, 0.1) is 17.5 Å². The largest absolute Gasteiger partial charge is 0.387 e. The Morgan fingerprint density at radius 2 is 2.22 bits per heavy atom. The van der Waals surface area contributed by atoms with E-state index in [-0.39, 0.29) is 0 Å². The minimum atomic E-state index is -0.751. The highest BCUT2D eigenvalue weighted by Gasteiger charge is 2.37. The van der Waals surface area contributed by atoms with E-state index in [1.807, 2.05) is 6.20 Å². The SMILES string of the molecule is CC(C)c1ccc(N2CCC[C@@](O)(CN3CC[C@H](F)C3)C2)cn1. The molecule has 4 nitrogen and oxygen atoms in total. The molecule has 2 atom stereocenters. The molecule has 0 spiro atoms. The summed E-state index contributed by atoms with van der Waals surface area (Å²) in [4.78, 5) is 8.81. The molecule has 0 unspecified atom stereocenters. The van der Waals surface area contributed by atoms with Gasteiger partial charge >= 0.3 is 0 Å². The lowest BCUT2D eigenvalue weighted by atomic mass is 9.92. The molecule has 0 amide bonds. The Bertz CT molecular complexity index is 522. The summed E-state index contributed by atoms with van der Waals surface area (Å²) in [6, 6.07) is 4.17. The fourth-order valence-electron chi connectivity index (χ4n) is 3.73. The minimum Gasteiger partial charge on any atom is -0.387 e. The molecule has 23 heavy (non-hydrogen) atoms. The Morgan fingerprint density at radius 3 is 2.83 bits per heavy atom. The van der Waals surface area contributed by atoms with Crippen molar-refractivity contribution in [3.05, 3.63) is 24.0 Å². The van der Waals surface area contributed by atoms with Gasteiger partial charge in [0.25, 0.3) is 0 Å². The number of nitrogens with zero attached hydrogens (tertiary/aromatic N) is 3. The molecule has 5 heteroatoms. The topological polar surface area (TPSA) is 39.6 Å². The monoisotopic (exact) mass is 321 g/mol. The molecule has 0 saturated carbocycles. The molecule has 1 aromatic rings. The van der Waals surface area contributed by atoms with Gasteiger partial charge in [-0.05, 0) is 37.3 Å². The maximum absolute atomic E-state index is 13.4. The lowest BCUT2D eigenvalue weighted by molar-refractivity contribution is -0.00332. The predicted molar refractivity (Wildman–Crippen MR) is 90.7 cm³/mol. The van der Waals surface area contributed by atoms with E-state index in [9.17, 15) is 9.50 Å². The van der Waals surface area contributed by atoms with Crippen LogP contribution < -0.4 is 4.90 Å². The number of rotatable bonds is 4. The molecule has 2 aliphatic heterocycles. The van der Waals surface area contributed by atoms with Crippen LogP contribution in [0.5, 0.6) is 0 Å². The van der Waals surface area contributed by atoms with Crippen molar-refractivity contribution in [3.8, 4) is 0 Å². The normalized spacial score (nSPS) is 29.4. The molecule has 3 rings (SSSR count). The number of aromatic nitrogens is 1. The third-order valence-corrected chi connectivity index (χ3v) is 5.02. The summed E-state index contributed by atoms with van der Waals surface area (Å²) in [6.07, 6.45) is 3.52. The Kier molecular flexibility index (Phi) is 4.87. The number of hydrogen-bond donors (Lipinski definition) is 1. The summed E-state index contributed by atoms with van der Waals surface area (Å²) in [5, 5.41) is 11.0. The van der Waals surface area contributed by atoms with Crippen LogP contribution in [0, 0.1) is 0 Å². The fraction of sp³-hybridized carbons (Fsp3) is 0.722. The zero-order chi connectivity index (χ0) is 16.4. The van der Waals surface area contributed by atoms with E-state index in [1.165, 1.54) is 0 Å². The number of β-amino-alcohol motifs (C(OH)–C–C–N with tert-alkyl or cyclic N) is 1. The van der Waals surface area contributed by atoms with Gasteiger partial charge in [0.2, 0.25) is 0 Å². The predicted octanol–water partition coefficient (Wildman–Crippen LogP) is 2.58. The van der Waals surface area contributed by atoms with Gasteiger partial charge in [-0.2, -0.15) is 0 Å². The van der Waals surface area contributed by atoms with Crippen LogP contribution in [0.4, 0.5) is 10.1 Å². The first-order valence-electron chi connectivity index (χ1n) is 8.75. The van der Waals surface area contributed by atoms with Crippen molar-refractivity contribution in [2.24, 2.45) is 0 Å². The number of hydrogen-bond acceptors (Lipinski definition) is 4. The summed E-state index contributed by atoms with van der Waals surface area (Å²) >= 11 is 0. The van der Waals surface area contributed by atoms with Gasteiger partial charge < -0.3 is 10.0 Å². The number of halogens is 1. The Hall–Kier alpha value is -1.20. The minimum absolute atomic E-state index is 0.422. The van der Waals surface area contributed by atoms with Gasteiger partial charge in [-0.25, -0.2) is 4.39 Å². The Morgan fingerprint density at radius 1 is 1.39 bits per heavy atom. The third kappa shape index (κ3) is 4.01. The third-order valence-electron chi connectivity index (χ3n) is 5.02. The lowest BCUT2D eigenvalue weighted by Gasteiger charge is -2.42. The number of pyridine rings is 1. The van der Waals surface area contributed by atoms with Gasteiger partial charge in [-0.1, -0.05) is 13.8 Å². The number of anilines is 1. The van der Waals surface area contributed by atoms with Crippen molar-refractivity contribution in [1.29, 1.82) is 0 Å². The number of alkyl halides is 1. The molecule has 0 aliphatic carbocycles. The average Bonchev–Trinajstić information content (AvgIpc) is 2.91. The Balaban J connectivity index is 1.65. The molecular formula is C18H28FN3O. The maximum Gasteiger partial charge on any atom is 0.114 e. The lowest BCUT2D eigenvalue weighted by Crippen LogP contribution is -2.54. The van der Waals surface area contributed by atoms with E-state index in [1.54, 1.807) is 0 Å². The first-order chi connectivity index (χ1) is 11.0. The number of aliphatic hydroxyl groups is 1. The summed E-state index contributed by atoms with van der Waals surface area (Å²) < 4.78 is 13.4. The summed E-state index contributed by atoms with van der Waals surface area (Å²) in [6.45, 7) is 7.61. The number of likely N-dealkylation sites (tertiary alicyclic amines) is 1. The zero-order valence-electron chi connectivity index (χ0n) is 14.2. The molecule has 3 heterocycles. The quantitative estimate of drug-likeness (QED) is 0.925. The molecular weight excluding hydrogens is 293 g/mol. The second kappa shape index (κ2) is 6.73. The van der Waals surface area contributed by atoms with Crippen LogP contribution in [0.3, 0.4) is 0 Å². The van der Waals surface area contributed by atoms with Crippen molar-refractivity contribution in [1.82, 2.24) is 9.88 Å². The molecule has 2 aliphatic rings. The summed E-state index contributed by atoms with van der Waals surface area (Å²) in [5.74, 6) is 0.422. The summed E-state index contributed by atoms with van der Waals surface area (Å²) in [5.41, 5.74) is 1.41. The smallest absolute Gasteiger partial charge is 0.114 e. The zero-order valence-corrected chi connectivity index (χ0v) is 14.2. The van der Waals surface area contributed by atoms with Crippen molar-refractivity contribution in [2.45, 2.75) is 50.8 Å². The molecule has 0 radical (unpaired) electrons. The standard InChI is InChI=1S/C18H28FN3O/c1-14(2)17-5-4-16(10-20-17)22-8-3-7-18(23,13-22)12-21-9-6-15(19)11-21/h4-5,10,14-15,23H,3,6-9,11-13H2,1-2H3/t15-,18+/m0/s1. The maximum atomic E-state index is 13.4. The molecule has 2 fully saturated rings. The van der Waals surface area contributed by atoms with Crippen LogP contribution in [0.15, 0.2) is 18.3 Å². The van der Waals surface area contributed by atoms with Crippen LogP contribution in [-0.2, 0) is 0 Å². The van der Waals surface area contributed by atoms with Crippen LogP contribution in [0.1, 0.15) is 44.7 Å². The number of piperidine rings is 1. The average molecular weight is 321 g/mol. The van der Waals surface area contributed by atoms with Gasteiger partial charge in [-0.15, -0.1) is 0 Å². The van der Waals surface area contributed by atoms with Gasteiger partial charge in [0, 0.05) is 38.4 Å². The summed E-state index contributed by atoms with van der Waals surface area (Å²) in [7, 11) is 0. The van der Waals surface area contributed by atoms with E-state index < -0.39 is 11.8 Å². The van der Waals surface area contributed by atoms with Gasteiger partial charge in [0.15, 0.2) is 0 Å². The van der Waals surface area contributed by atoms with Crippen molar-refractivity contribution in [2.75, 3.05) is 37.6 Å². The van der Waals surface area contributed by atoms with Gasteiger partial charge in [0.1, 0.15) is 6.17 Å². The highest BCUT2D eigenvalue weighted by molar-refractivity contribution is 5.46. The van der Waals surface area contributed by atoms with Crippen molar-refractivity contribution in [3.63, 3.8) is 0 Å². The molecule has 2 saturated heterocycles. The van der Waals surface area contributed by atoms with E-state index >= 15 is 0 Å². The van der Waals surface area contributed by atoms with Crippen LogP contribution in [0.2, 0.25) is 0 Å². The highest BCUT2D eigenvalue weighted by Crippen LogP contribution is 2.28. The van der Waals surface area contributed by atoms with Crippen LogP contribution in [-0.4, -0.2) is 59.5 Å². The molecule has 0 bridgehead atoms. The first kappa shape index (κ1) is 16.7. The molecule has 128 valence electrons. The fourth-order valence-corrected chi connectivity index (χ4v) is 3.73. The van der Waals surface area contributed by atoms with Gasteiger partial charge in [-0.3, -0.25) is 9.88 Å².